The first kappa shape index (κ1) is 17.7. The second-order valence-electron chi connectivity index (χ2n) is 6.41. The Hall–Kier alpha value is -3.66. The van der Waals surface area contributed by atoms with E-state index < -0.39 is 0 Å². The molecule has 4 nitrogen and oxygen atoms in total. The minimum absolute atomic E-state index is 0.185. The smallest absolute Gasteiger partial charge is 0.310 e. The van der Waals surface area contributed by atoms with Crippen LogP contribution in [0.4, 0.5) is 0 Å². The molecule has 1 aliphatic heterocycles. The van der Waals surface area contributed by atoms with Gasteiger partial charge in [-0.1, -0.05) is 61.5 Å². The Morgan fingerprint density at radius 1 is 0.964 bits per heavy atom. The fraction of sp³-hybridized carbons (Fsp3) is 0.0833. The molecule has 0 bridgehead atoms. The van der Waals surface area contributed by atoms with Crippen LogP contribution in [0.15, 0.2) is 78.6 Å². The summed E-state index contributed by atoms with van der Waals surface area (Å²) in [4.78, 5) is 24.0. The average Bonchev–Trinajstić information content (AvgIpc) is 3.04. The minimum atomic E-state index is -0.335. The molecule has 0 fully saturated rings. The molecular formula is C24H18O4. The largest absolute Gasteiger partial charge is 0.452 e. The van der Waals surface area contributed by atoms with E-state index in [2.05, 4.69) is 12.1 Å². The van der Waals surface area contributed by atoms with Crippen molar-refractivity contribution in [2.75, 3.05) is 0 Å². The molecule has 138 valence electrons. The summed E-state index contributed by atoms with van der Waals surface area (Å²) in [6.07, 6.45) is 2.00. The third kappa shape index (κ3) is 3.58. The SMILES string of the molecule is CCC(=O)Oc1ccc2c(c1)O/C(=C/c1ccc(-c3ccccc3)cc1)C2=O. The van der Waals surface area contributed by atoms with E-state index in [9.17, 15) is 9.59 Å². The van der Waals surface area contributed by atoms with Crippen LogP contribution in [0.1, 0.15) is 29.3 Å². The van der Waals surface area contributed by atoms with Crippen LogP contribution in [-0.4, -0.2) is 11.8 Å². The van der Waals surface area contributed by atoms with Gasteiger partial charge in [0.15, 0.2) is 5.76 Å². The summed E-state index contributed by atoms with van der Waals surface area (Å²) < 4.78 is 10.9. The fourth-order valence-corrected chi connectivity index (χ4v) is 2.99. The Bertz CT molecular complexity index is 1060. The number of esters is 1. The Morgan fingerprint density at radius 2 is 1.68 bits per heavy atom. The predicted molar refractivity (Wildman–Crippen MR) is 107 cm³/mol. The normalized spacial score (nSPS) is 13.9. The summed E-state index contributed by atoms with van der Waals surface area (Å²) in [5.74, 6) is 0.501. The van der Waals surface area contributed by atoms with Crippen molar-refractivity contribution < 1.29 is 19.1 Å². The van der Waals surface area contributed by atoms with Crippen molar-refractivity contribution in [2.24, 2.45) is 0 Å². The second kappa shape index (κ2) is 7.53. The molecule has 3 aromatic rings. The van der Waals surface area contributed by atoms with Gasteiger partial charge in [-0.15, -0.1) is 0 Å². The summed E-state index contributed by atoms with van der Waals surface area (Å²) in [6.45, 7) is 1.72. The highest BCUT2D eigenvalue weighted by Crippen LogP contribution is 2.35. The number of allylic oxidation sites excluding steroid dienone is 1. The van der Waals surface area contributed by atoms with Gasteiger partial charge < -0.3 is 9.47 Å². The van der Waals surface area contributed by atoms with Crippen LogP contribution in [-0.2, 0) is 4.79 Å². The number of fused-ring (bicyclic) bond motifs is 1. The number of carbonyl (C=O) groups is 2. The van der Waals surface area contributed by atoms with Crippen LogP contribution in [0.2, 0.25) is 0 Å². The number of hydrogen-bond acceptors (Lipinski definition) is 4. The number of ether oxygens (including phenoxy) is 2. The third-order valence-corrected chi connectivity index (χ3v) is 4.48. The van der Waals surface area contributed by atoms with Crippen molar-refractivity contribution in [3.63, 3.8) is 0 Å². The zero-order chi connectivity index (χ0) is 19.5. The van der Waals surface area contributed by atoms with Crippen LogP contribution in [0.3, 0.4) is 0 Å². The van der Waals surface area contributed by atoms with Gasteiger partial charge in [-0.2, -0.15) is 0 Å². The van der Waals surface area contributed by atoms with E-state index in [4.69, 9.17) is 9.47 Å². The number of carbonyl (C=O) groups excluding carboxylic acids is 2. The number of benzene rings is 3. The lowest BCUT2D eigenvalue weighted by Crippen LogP contribution is -2.05. The highest BCUT2D eigenvalue weighted by Gasteiger charge is 2.27. The van der Waals surface area contributed by atoms with Gasteiger partial charge in [0.25, 0.3) is 0 Å². The van der Waals surface area contributed by atoms with E-state index in [1.807, 2.05) is 42.5 Å². The maximum absolute atomic E-state index is 12.6. The molecule has 0 saturated heterocycles. The molecule has 0 aromatic heterocycles. The van der Waals surface area contributed by atoms with Crippen molar-refractivity contribution in [1.82, 2.24) is 0 Å². The third-order valence-electron chi connectivity index (χ3n) is 4.48. The topological polar surface area (TPSA) is 52.6 Å². The first-order valence-electron chi connectivity index (χ1n) is 9.08. The lowest BCUT2D eigenvalue weighted by atomic mass is 10.0. The summed E-state index contributed by atoms with van der Waals surface area (Å²) in [7, 11) is 0. The van der Waals surface area contributed by atoms with Gasteiger partial charge in [0.1, 0.15) is 11.5 Å². The zero-order valence-electron chi connectivity index (χ0n) is 15.3. The molecule has 0 aliphatic carbocycles. The molecule has 0 unspecified atom stereocenters. The molecule has 0 N–H and O–H groups in total. The van der Waals surface area contributed by atoms with E-state index >= 15 is 0 Å². The number of rotatable bonds is 4. The monoisotopic (exact) mass is 370 g/mol. The van der Waals surface area contributed by atoms with Gasteiger partial charge in [0, 0.05) is 12.5 Å². The molecular weight excluding hydrogens is 352 g/mol. The van der Waals surface area contributed by atoms with E-state index in [1.54, 1.807) is 31.2 Å². The van der Waals surface area contributed by atoms with Gasteiger partial charge in [0.05, 0.1) is 5.56 Å². The summed E-state index contributed by atoms with van der Waals surface area (Å²) in [5, 5.41) is 0. The van der Waals surface area contributed by atoms with Crippen molar-refractivity contribution in [3.05, 3.63) is 89.7 Å². The first-order chi connectivity index (χ1) is 13.6. The summed E-state index contributed by atoms with van der Waals surface area (Å²) in [5.41, 5.74) is 3.57. The summed E-state index contributed by atoms with van der Waals surface area (Å²) >= 11 is 0. The molecule has 3 aromatic carbocycles. The van der Waals surface area contributed by atoms with Gasteiger partial charge >= 0.3 is 5.97 Å². The standard InChI is InChI=1S/C24H18O4/c1-2-23(25)27-19-12-13-20-21(15-19)28-22(24(20)26)14-16-8-10-18(11-9-16)17-6-4-3-5-7-17/h3-15H,2H2,1H3/b22-14+. The molecule has 0 atom stereocenters. The molecule has 1 heterocycles. The Morgan fingerprint density at radius 3 is 2.39 bits per heavy atom. The van der Waals surface area contributed by atoms with E-state index in [-0.39, 0.29) is 23.9 Å². The molecule has 0 spiro atoms. The van der Waals surface area contributed by atoms with E-state index in [0.29, 0.717) is 17.1 Å². The Kier molecular flexibility index (Phi) is 4.77. The van der Waals surface area contributed by atoms with Crippen LogP contribution in [0.5, 0.6) is 11.5 Å². The van der Waals surface area contributed by atoms with Crippen molar-refractivity contribution >= 4 is 17.8 Å². The van der Waals surface area contributed by atoms with E-state index in [0.717, 1.165) is 16.7 Å². The van der Waals surface area contributed by atoms with Crippen LogP contribution in [0, 0.1) is 0 Å². The number of Topliss-reactive ketones (excluding diaryl/α,β-unsaturated/α-hetero) is 1. The average molecular weight is 370 g/mol. The predicted octanol–water partition coefficient (Wildman–Crippen LogP) is 5.29. The molecule has 0 radical (unpaired) electrons. The Balaban J connectivity index is 1.55. The van der Waals surface area contributed by atoms with Crippen LogP contribution in [0.25, 0.3) is 17.2 Å². The van der Waals surface area contributed by atoms with Gasteiger partial charge in [-0.3, -0.25) is 9.59 Å². The van der Waals surface area contributed by atoms with Gasteiger partial charge in [-0.25, -0.2) is 0 Å². The first-order valence-corrected chi connectivity index (χ1v) is 9.08. The highest BCUT2D eigenvalue weighted by molar-refractivity contribution is 6.14. The lowest BCUT2D eigenvalue weighted by Gasteiger charge is -2.04. The molecule has 4 heteroatoms. The molecule has 0 saturated carbocycles. The minimum Gasteiger partial charge on any atom is -0.452 e. The molecule has 1 aliphatic rings. The zero-order valence-corrected chi connectivity index (χ0v) is 15.3. The molecule has 0 amide bonds. The second-order valence-corrected chi connectivity index (χ2v) is 6.41. The van der Waals surface area contributed by atoms with Gasteiger partial charge in [0.2, 0.25) is 5.78 Å². The maximum atomic E-state index is 12.6. The van der Waals surface area contributed by atoms with Crippen LogP contribution < -0.4 is 9.47 Å². The van der Waals surface area contributed by atoms with Crippen molar-refractivity contribution in [3.8, 4) is 22.6 Å². The quantitative estimate of drug-likeness (QED) is 0.356. The summed E-state index contributed by atoms with van der Waals surface area (Å²) in [6, 6.07) is 22.8. The van der Waals surface area contributed by atoms with Gasteiger partial charge in [-0.05, 0) is 34.9 Å². The molecule has 4 rings (SSSR count). The highest BCUT2D eigenvalue weighted by atomic mass is 16.5. The maximum Gasteiger partial charge on any atom is 0.310 e. The number of ketones is 1. The van der Waals surface area contributed by atoms with Crippen molar-refractivity contribution in [2.45, 2.75) is 13.3 Å². The fourth-order valence-electron chi connectivity index (χ4n) is 2.99. The van der Waals surface area contributed by atoms with Crippen molar-refractivity contribution in [1.29, 1.82) is 0 Å². The lowest BCUT2D eigenvalue weighted by molar-refractivity contribution is -0.134. The van der Waals surface area contributed by atoms with Crippen LogP contribution >= 0.6 is 0 Å². The van der Waals surface area contributed by atoms with E-state index in [1.165, 1.54) is 0 Å². The molecule has 28 heavy (non-hydrogen) atoms. The Labute approximate surface area is 163 Å². The number of hydrogen-bond donors (Lipinski definition) is 0.